The predicted octanol–water partition coefficient (Wildman–Crippen LogP) is 2.22. The Bertz CT molecular complexity index is 168. The third kappa shape index (κ3) is 9.45. The molecule has 108 valence electrons. The standard InChI is InChI=1S/C8H20N3.2C3H7.Ga/c1-10(2)7-5-9-6-8-11(3)4;2*1-3-2;/h5-8H2,1-4H3;2*1,3H2,2H3;/q-1;;;+1. The molecule has 0 N–H and O–H groups in total. The maximum absolute atomic E-state index is 2.89. The molecule has 0 radical (unpaired) electrons. The van der Waals surface area contributed by atoms with E-state index in [1.54, 1.807) is 0 Å². The second-order valence-corrected chi connectivity index (χ2v) is 12.6. The van der Waals surface area contributed by atoms with Crippen LogP contribution >= 0.6 is 0 Å². The van der Waals surface area contributed by atoms with Crippen LogP contribution in [0.3, 0.4) is 0 Å². The van der Waals surface area contributed by atoms with Crippen LogP contribution < -0.4 is 0 Å². The number of hydrogen-bond acceptors (Lipinski definition) is 3. The number of rotatable bonds is 11. The van der Waals surface area contributed by atoms with E-state index >= 15 is 0 Å². The molecule has 3 nitrogen and oxygen atoms in total. The normalized spacial score (nSPS) is 11.8. The van der Waals surface area contributed by atoms with E-state index in [-0.39, 0.29) is 0 Å². The van der Waals surface area contributed by atoms with E-state index in [2.05, 4.69) is 55.4 Å². The second kappa shape index (κ2) is 11.4. The third-order valence-electron chi connectivity index (χ3n) is 3.43. The van der Waals surface area contributed by atoms with Gasteiger partial charge in [0, 0.05) is 0 Å². The van der Waals surface area contributed by atoms with Gasteiger partial charge in [0.15, 0.2) is 0 Å². The van der Waals surface area contributed by atoms with Gasteiger partial charge in [-0.2, -0.15) is 0 Å². The Morgan fingerprint density at radius 1 is 0.667 bits per heavy atom. The van der Waals surface area contributed by atoms with Gasteiger partial charge in [-0.05, 0) is 0 Å². The van der Waals surface area contributed by atoms with Gasteiger partial charge < -0.3 is 0 Å². The van der Waals surface area contributed by atoms with Crippen molar-refractivity contribution < 1.29 is 0 Å². The molecule has 0 aromatic rings. The van der Waals surface area contributed by atoms with Gasteiger partial charge in [0.2, 0.25) is 0 Å². The minimum atomic E-state index is -1.20. The Morgan fingerprint density at radius 3 is 1.33 bits per heavy atom. The summed E-state index contributed by atoms with van der Waals surface area (Å²) in [6.45, 7) is 9.69. The van der Waals surface area contributed by atoms with Crippen LogP contribution in [0.5, 0.6) is 0 Å². The summed E-state index contributed by atoms with van der Waals surface area (Å²) in [4.78, 5) is 7.70. The molecule has 0 heterocycles. The van der Waals surface area contributed by atoms with Crippen molar-refractivity contribution in [2.45, 2.75) is 36.6 Å². The summed E-state index contributed by atoms with van der Waals surface area (Å²) in [7, 11) is 8.75. The Labute approximate surface area is 121 Å². The number of nitrogens with zero attached hydrogens (tertiary/aromatic N) is 3. The SMILES string of the molecule is CC[CH2][Ga]([CH2]CC)[N](CCN(C)C)CCN(C)C. The first-order chi connectivity index (χ1) is 8.51. The first-order valence-electron chi connectivity index (χ1n) is 7.54. The van der Waals surface area contributed by atoms with Gasteiger partial charge in [0.25, 0.3) is 0 Å². The average molecular weight is 314 g/mol. The fraction of sp³-hybridized carbons (Fsp3) is 1.00. The fourth-order valence-electron chi connectivity index (χ4n) is 2.31. The van der Waals surface area contributed by atoms with E-state index < -0.39 is 16.5 Å². The van der Waals surface area contributed by atoms with Gasteiger partial charge >= 0.3 is 121 Å². The van der Waals surface area contributed by atoms with E-state index in [9.17, 15) is 0 Å². The van der Waals surface area contributed by atoms with Crippen LogP contribution in [-0.2, 0) is 0 Å². The van der Waals surface area contributed by atoms with Crippen molar-refractivity contribution >= 4 is 16.5 Å². The Morgan fingerprint density at radius 2 is 1.06 bits per heavy atom. The summed E-state index contributed by atoms with van der Waals surface area (Å²) in [5, 5.41) is 0. The van der Waals surface area contributed by atoms with Crippen LogP contribution in [0, 0.1) is 0 Å². The van der Waals surface area contributed by atoms with Crippen molar-refractivity contribution in [2.75, 3.05) is 54.4 Å². The summed E-state index contributed by atoms with van der Waals surface area (Å²) in [5.74, 6) is 0. The van der Waals surface area contributed by atoms with E-state index in [0.29, 0.717) is 0 Å². The third-order valence-corrected chi connectivity index (χ3v) is 11.9. The Kier molecular flexibility index (Phi) is 11.7. The van der Waals surface area contributed by atoms with Crippen LogP contribution in [-0.4, -0.2) is 84.2 Å². The van der Waals surface area contributed by atoms with E-state index in [1.165, 1.54) is 49.0 Å². The fourth-order valence-corrected chi connectivity index (χ4v) is 9.26. The Hall–Kier alpha value is 0.516. The van der Waals surface area contributed by atoms with Gasteiger partial charge in [0.1, 0.15) is 0 Å². The van der Waals surface area contributed by atoms with Gasteiger partial charge in [-0.15, -0.1) is 0 Å². The first-order valence-corrected chi connectivity index (χ1v) is 12.1. The van der Waals surface area contributed by atoms with Crippen molar-refractivity contribution in [1.82, 2.24) is 13.4 Å². The van der Waals surface area contributed by atoms with E-state index in [4.69, 9.17) is 0 Å². The van der Waals surface area contributed by atoms with Gasteiger partial charge in [-0.25, -0.2) is 0 Å². The summed E-state index contributed by atoms with van der Waals surface area (Å²) >= 11 is -1.20. The van der Waals surface area contributed by atoms with Crippen LogP contribution in [0.2, 0.25) is 9.95 Å². The van der Waals surface area contributed by atoms with Gasteiger partial charge in [-0.1, -0.05) is 0 Å². The molecular weight excluding hydrogens is 280 g/mol. The molecule has 0 aliphatic heterocycles. The summed E-state index contributed by atoms with van der Waals surface area (Å²) in [6.07, 6.45) is 2.76. The molecular formula is C14H34GaN3. The zero-order valence-corrected chi connectivity index (χ0v) is 16.0. The average Bonchev–Trinajstić information content (AvgIpc) is 2.28. The summed E-state index contributed by atoms with van der Waals surface area (Å²) in [6, 6.07) is 0. The summed E-state index contributed by atoms with van der Waals surface area (Å²) in [5.41, 5.74) is 0. The maximum atomic E-state index is 2.89. The van der Waals surface area contributed by atoms with Crippen molar-refractivity contribution in [3.8, 4) is 0 Å². The van der Waals surface area contributed by atoms with Gasteiger partial charge in [0.05, 0.1) is 0 Å². The molecule has 0 amide bonds. The second-order valence-electron chi connectivity index (χ2n) is 5.87. The predicted molar refractivity (Wildman–Crippen MR) is 84.6 cm³/mol. The molecule has 0 aromatic heterocycles. The monoisotopic (exact) mass is 313 g/mol. The molecule has 18 heavy (non-hydrogen) atoms. The molecule has 0 unspecified atom stereocenters. The van der Waals surface area contributed by atoms with Crippen molar-refractivity contribution in [1.29, 1.82) is 0 Å². The van der Waals surface area contributed by atoms with Crippen molar-refractivity contribution in [3.63, 3.8) is 0 Å². The molecule has 0 atom stereocenters. The topological polar surface area (TPSA) is 9.72 Å². The minimum absolute atomic E-state index is 1.20. The summed E-state index contributed by atoms with van der Waals surface area (Å²) < 4.78 is 2.89. The molecule has 0 aromatic carbocycles. The first kappa shape index (κ1) is 18.5. The van der Waals surface area contributed by atoms with E-state index in [0.717, 1.165) is 0 Å². The van der Waals surface area contributed by atoms with Crippen molar-refractivity contribution in [2.24, 2.45) is 0 Å². The molecule has 0 fully saturated rings. The van der Waals surface area contributed by atoms with Crippen LogP contribution in [0.15, 0.2) is 0 Å². The zero-order chi connectivity index (χ0) is 14.0. The van der Waals surface area contributed by atoms with Crippen LogP contribution in [0.1, 0.15) is 26.7 Å². The number of hydrogen-bond donors (Lipinski definition) is 0. The zero-order valence-electron chi connectivity index (χ0n) is 13.6. The quantitative estimate of drug-likeness (QED) is 0.542. The Balaban J connectivity index is 4.36. The molecule has 0 bridgehead atoms. The van der Waals surface area contributed by atoms with Crippen molar-refractivity contribution in [3.05, 3.63) is 0 Å². The molecule has 0 rings (SSSR count). The van der Waals surface area contributed by atoms with Gasteiger partial charge in [-0.3, -0.25) is 0 Å². The van der Waals surface area contributed by atoms with Crippen LogP contribution in [0.4, 0.5) is 0 Å². The molecule has 0 saturated carbocycles. The molecule has 0 aliphatic rings. The number of likely N-dealkylation sites (N-methyl/N-ethyl adjacent to an activating group) is 2. The molecule has 0 saturated heterocycles. The molecule has 4 heteroatoms. The molecule has 0 spiro atoms. The molecule has 0 aliphatic carbocycles. The van der Waals surface area contributed by atoms with Crippen LogP contribution in [0.25, 0.3) is 0 Å². The van der Waals surface area contributed by atoms with E-state index in [1.807, 2.05) is 0 Å².